The highest BCUT2D eigenvalue weighted by Gasteiger charge is 2.33. The Morgan fingerprint density at radius 3 is 2.60 bits per heavy atom. The maximum absolute atomic E-state index is 11.0. The van der Waals surface area contributed by atoms with Crippen LogP contribution in [0.4, 0.5) is 0 Å². The zero-order valence-corrected chi connectivity index (χ0v) is 9.24. The van der Waals surface area contributed by atoms with Gasteiger partial charge in [-0.1, -0.05) is 0 Å². The Morgan fingerprint density at radius 2 is 2.13 bits per heavy atom. The standard InChI is InChI=1S/C10H14N2O3/c1-6-5-11-8(12-7(6)15-4)10(2,3)9(13)14/h5H,1-4H3,(H,13,14). The van der Waals surface area contributed by atoms with Gasteiger partial charge in [-0.05, 0) is 20.8 Å². The van der Waals surface area contributed by atoms with Gasteiger partial charge >= 0.3 is 5.97 Å². The number of carboxylic acid groups (broad SMARTS) is 1. The van der Waals surface area contributed by atoms with Gasteiger partial charge in [-0.25, -0.2) is 4.98 Å². The fraction of sp³-hybridized carbons (Fsp3) is 0.500. The molecule has 0 atom stereocenters. The van der Waals surface area contributed by atoms with Gasteiger partial charge < -0.3 is 9.84 Å². The molecular weight excluding hydrogens is 196 g/mol. The van der Waals surface area contributed by atoms with Crippen molar-refractivity contribution in [3.63, 3.8) is 0 Å². The number of aromatic nitrogens is 2. The molecule has 5 nitrogen and oxygen atoms in total. The molecule has 0 bridgehead atoms. The molecule has 0 saturated heterocycles. The van der Waals surface area contributed by atoms with Gasteiger partial charge in [0, 0.05) is 11.8 Å². The molecule has 1 aromatic heterocycles. The van der Waals surface area contributed by atoms with Gasteiger partial charge in [0.15, 0.2) is 0 Å². The van der Waals surface area contributed by atoms with Gasteiger partial charge in [0.25, 0.3) is 0 Å². The summed E-state index contributed by atoms with van der Waals surface area (Å²) < 4.78 is 5.02. The number of hydrogen-bond donors (Lipinski definition) is 1. The first-order valence-corrected chi connectivity index (χ1v) is 4.51. The Bertz CT molecular complexity index is 388. The van der Waals surface area contributed by atoms with Crippen molar-refractivity contribution in [3.8, 4) is 5.88 Å². The lowest BCUT2D eigenvalue weighted by Crippen LogP contribution is -2.31. The van der Waals surface area contributed by atoms with Crippen LogP contribution >= 0.6 is 0 Å². The van der Waals surface area contributed by atoms with E-state index in [0.717, 1.165) is 5.56 Å². The maximum Gasteiger partial charge on any atom is 0.316 e. The van der Waals surface area contributed by atoms with Gasteiger partial charge in [-0.3, -0.25) is 4.79 Å². The highest BCUT2D eigenvalue weighted by molar-refractivity contribution is 5.78. The van der Waals surface area contributed by atoms with Crippen LogP contribution < -0.4 is 4.74 Å². The van der Waals surface area contributed by atoms with Crippen LogP contribution in [0.25, 0.3) is 0 Å². The highest BCUT2D eigenvalue weighted by Crippen LogP contribution is 2.22. The molecule has 1 heterocycles. The van der Waals surface area contributed by atoms with E-state index in [-0.39, 0.29) is 5.82 Å². The summed E-state index contributed by atoms with van der Waals surface area (Å²) in [7, 11) is 1.49. The zero-order chi connectivity index (χ0) is 11.6. The minimum Gasteiger partial charge on any atom is -0.481 e. The lowest BCUT2D eigenvalue weighted by molar-refractivity contribution is -0.142. The summed E-state index contributed by atoms with van der Waals surface area (Å²) in [5.41, 5.74) is -0.330. The van der Waals surface area contributed by atoms with Crippen LogP contribution in [0, 0.1) is 6.92 Å². The normalized spacial score (nSPS) is 11.2. The van der Waals surface area contributed by atoms with E-state index in [1.165, 1.54) is 7.11 Å². The fourth-order valence-electron chi connectivity index (χ4n) is 1.03. The van der Waals surface area contributed by atoms with Crippen LogP contribution in [-0.4, -0.2) is 28.2 Å². The number of nitrogens with zero attached hydrogens (tertiary/aromatic N) is 2. The number of carboxylic acids is 1. The summed E-state index contributed by atoms with van der Waals surface area (Å²) in [6.45, 7) is 4.91. The van der Waals surface area contributed by atoms with Crippen molar-refractivity contribution in [1.29, 1.82) is 0 Å². The van der Waals surface area contributed by atoms with Crippen molar-refractivity contribution < 1.29 is 14.6 Å². The van der Waals surface area contributed by atoms with Crippen LogP contribution in [0.2, 0.25) is 0 Å². The molecule has 0 aliphatic carbocycles. The van der Waals surface area contributed by atoms with E-state index < -0.39 is 11.4 Å². The van der Waals surface area contributed by atoms with E-state index in [4.69, 9.17) is 9.84 Å². The first-order chi connectivity index (χ1) is 6.89. The van der Waals surface area contributed by atoms with Crippen LogP contribution in [0.5, 0.6) is 5.88 Å². The minimum atomic E-state index is -1.11. The predicted molar refractivity (Wildman–Crippen MR) is 54.0 cm³/mol. The van der Waals surface area contributed by atoms with Crippen molar-refractivity contribution in [2.45, 2.75) is 26.2 Å². The molecule has 15 heavy (non-hydrogen) atoms. The molecular formula is C10H14N2O3. The van der Waals surface area contributed by atoms with Gasteiger partial charge in [-0.15, -0.1) is 0 Å². The van der Waals surface area contributed by atoms with E-state index in [0.29, 0.717) is 5.88 Å². The zero-order valence-electron chi connectivity index (χ0n) is 9.24. The lowest BCUT2D eigenvalue weighted by Gasteiger charge is -2.17. The number of hydrogen-bond acceptors (Lipinski definition) is 4. The van der Waals surface area contributed by atoms with Crippen LogP contribution in [0.15, 0.2) is 6.20 Å². The molecule has 82 valence electrons. The third-order valence-corrected chi connectivity index (χ3v) is 2.21. The fourth-order valence-corrected chi connectivity index (χ4v) is 1.03. The summed E-state index contributed by atoms with van der Waals surface area (Å²) in [5, 5.41) is 9.01. The Hall–Kier alpha value is -1.65. The number of aliphatic carboxylic acids is 1. The summed E-state index contributed by atoms with van der Waals surface area (Å²) in [4.78, 5) is 19.1. The molecule has 1 rings (SSSR count). The first kappa shape index (κ1) is 11.4. The predicted octanol–water partition coefficient (Wildman–Crippen LogP) is 1.16. The molecule has 0 aromatic carbocycles. The second kappa shape index (κ2) is 3.84. The average molecular weight is 210 g/mol. The summed E-state index contributed by atoms with van der Waals surface area (Å²) in [6.07, 6.45) is 1.56. The molecule has 0 aliphatic rings. The SMILES string of the molecule is COc1nc(C(C)(C)C(=O)O)ncc1C. The Labute approximate surface area is 88.1 Å². The lowest BCUT2D eigenvalue weighted by atomic mass is 9.93. The molecule has 0 fully saturated rings. The quantitative estimate of drug-likeness (QED) is 0.810. The third-order valence-electron chi connectivity index (χ3n) is 2.21. The first-order valence-electron chi connectivity index (χ1n) is 4.51. The maximum atomic E-state index is 11.0. The summed E-state index contributed by atoms with van der Waals surface area (Å²) in [6, 6.07) is 0. The Balaban J connectivity index is 3.22. The molecule has 0 radical (unpaired) electrons. The van der Waals surface area contributed by atoms with Crippen molar-refractivity contribution >= 4 is 5.97 Å². The monoisotopic (exact) mass is 210 g/mol. The van der Waals surface area contributed by atoms with Crippen LogP contribution in [0.1, 0.15) is 25.2 Å². The largest absolute Gasteiger partial charge is 0.481 e. The second-order valence-electron chi connectivity index (χ2n) is 3.82. The summed E-state index contributed by atoms with van der Waals surface area (Å²) >= 11 is 0. The molecule has 0 unspecified atom stereocenters. The minimum absolute atomic E-state index is 0.248. The smallest absolute Gasteiger partial charge is 0.316 e. The van der Waals surface area contributed by atoms with E-state index in [9.17, 15) is 4.79 Å². The molecule has 1 N–H and O–H groups in total. The number of ether oxygens (including phenoxy) is 1. The van der Waals surface area contributed by atoms with E-state index >= 15 is 0 Å². The second-order valence-corrected chi connectivity index (χ2v) is 3.82. The van der Waals surface area contributed by atoms with Crippen LogP contribution in [-0.2, 0) is 10.2 Å². The highest BCUT2D eigenvalue weighted by atomic mass is 16.5. The number of rotatable bonds is 3. The van der Waals surface area contributed by atoms with E-state index in [2.05, 4.69) is 9.97 Å². The molecule has 0 aliphatic heterocycles. The van der Waals surface area contributed by atoms with Crippen molar-refractivity contribution in [3.05, 3.63) is 17.6 Å². The average Bonchev–Trinajstić information content (AvgIpc) is 2.18. The molecule has 5 heteroatoms. The third kappa shape index (κ3) is 2.06. The van der Waals surface area contributed by atoms with Crippen molar-refractivity contribution in [2.24, 2.45) is 0 Å². The number of methoxy groups -OCH3 is 1. The van der Waals surface area contributed by atoms with E-state index in [1.54, 1.807) is 27.0 Å². The molecule has 0 spiro atoms. The summed E-state index contributed by atoms with van der Waals surface area (Å²) in [5.74, 6) is -0.305. The van der Waals surface area contributed by atoms with Gasteiger partial charge in [0.05, 0.1) is 7.11 Å². The molecule has 0 amide bonds. The number of aryl methyl sites for hydroxylation is 1. The molecule has 1 aromatic rings. The van der Waals surface area contributed by atoms with Gasteiger partial charge in [0.2, 0.25) is 5.88 Å². The van der Waals surface area contributed by atoms with Crippen molar-refractivity contribution in [2.75, 3.05) is 7.11 Å². The van der Waals surface area contributed by atoms with E-state index in [1.807, 2.05) is 0 Å². The van der Waals surface area contributed by atoms with Crippen molar-refractivity contribution in [1.82, 2.24) is 9.97 Å². The van der Waals surface area contributed by atoms with Gasteiger partial charge in [-0.2, -0.15) is 4.98 Å². The topological polar surface area (TPSA) is 72.3 Å². The molecule has 0 saturated carbocycles. The Kier molecular flexibility index (Phi) is 2.93. The number of carbonyl (C=O) groups is 1. The van der Waals surface area contributed by atoms with Crippen LogP contribution in [0.3, 0.4) is 0 Å². The van der Waals surface area contributed by atoms with Gasteiger partial charge in [0.1, 0.15) is 11.2 Å². The Morgan fingerprint density at radius 1 is 1.53 bits per heavy atom.